The van der Waals surface area contributed by atoms with Crippen molar-refractivity contribution < 1.29 is 9.59 Å². The molecule has 2 aliphatic rings. The van der Waals surface area contributed by atoms with Gasteiger partial charge in [-0.25, -0.2) is 0 Å². The number of rotatable bonds is 4. The highest BCUT2D eigenvalue weighted by Gasteiger charge is 2.41. The summed E-state index contributed by atoms with van der Waals surface area (Å²) in [5, 5.41) is 3.01. The van der Waals surface area contributed by atoms with E-state index >= 15 is 0 Å². The summed E-state index contributed by atoms with van der Waals surface area (Å²) in [7, 11) is 0. The van der Waals surface area contributed by atoms with Gasteiger partial charge in [-0.15, -0.1) is 0 Å². The van der Waals surface area contributed by atoms with Crippen molar-refractivity contribution in [2.75, 3.05) is 6.54 Å². The van der Waals surface area contributed by atoms with Crippen LogP contribution in [-0.2, 0) is 16.0 Å². The monoisotopic (exact) mass is 286 g/mol. The first-order valence-electron chi connectivity index (χ1n) is 7.95. The fourth-order valence-corrected chi connectivity index (χ4v) is 3.70. The van der Waals surface area contributed by atoms with Crippen LogP contribution in [0.15, 0.2) is 24.4 Å². The quantitative estimate of drug-likeness (QED) is 0.922. The van der Waals surface area contributed by atoms with Gasteiger partial charge in [-0.05, 0) is 37.8 Å². The molecule has 3 atom stereocenters. The van der Waals surface area contributed by atoms with Gasteiger partial charge in [0.1, 0.15) is 5.78 Å². The number of nitrogens with one attached hydrogen (secondary N) is 1. The second kappa shape index (κ2) is 6.37. The minimum Gasteiger partial charge on any atom is -0.355 e. The van der Waals surface area contributed by atoms with Crippen LogP contribution in [0.1, 0.15) is 37.8 Å². The summed E-state index contributed by atoms with van der Waals surface area (Å²) in [6, 6.07) is 5.81. The number of nitrogens with zero attached hydrogens (tertiary/aromatic N) is 1. The number of hydrogen-bond donors (Lipinski definition) is 1. The molecule has 2 bridgehead atoms. The minimum absolute atomic E-state index is 0.0294. The molecule has 3 rings (SSSR count). The average molecular weight is 286 g/mol. The van der Waals surface area contributed by atoms with E-state index in [1.165, 1.54) is 0 Å². The number of aromatic nitrogens is 1. The number of amides is 1. The Morgan fingerprint density at radius 3 is 2.67 bits per heavy atom. The number of carbonyl (C=O) groups is 2. The van der Waals surface area contributed by atoms with Crippen LogP contribution in [0.3, 0.4) is 0 Å². The minimum atomic E-state index is 0.0294. The van der Waals surface area contributed by atoms with Crippen LogP contribution in [0.25, 0.3) is 0 Å². The van der Waals surface area contributed by atoms with Crippen molar-refractivity contribution in [3.8, 4) is 0 Å². The lowest BCUT2D eigenvalue weighted by Crippen LogP contribution is -2.43. The predicted octanol–water partition coefficient (Wildman–Crippen LogP) is 2.14. The van der Waals surface area contributed by atoms with Gasteiger partial charge in [0.25, 0.3) is 0 Å². The summed E-state index contributed by atoms with van der Waals surface area (Å²) in [6.07, 6.45) is 7.14. The Morgan fingerprint density at radius 1 is 1.24 bits per heavy atom. The summed E-state index contributed by atoms with van der Waals surface area (Å²) >= 11 is 0. The highest BCUT2D eigenvalue weighted by atomic mass is 16.2. The van der Waals surface area contributed by atoms with Crippen molar-refractivity contribution in [3.63, 3.8) is 0 Å². The van der Waals surface area contributed by atoms with Gasteiger partial charge < -0.3 is 5.32 Å². The Kier molecular flexibility index (Phi) is 4.32. The molecule has 1 heterocycles. The molecule has 0 radical (unpaired) electrons. The van der Waals surface area contributed by atoms with Crippen LogP contribution in [0, 0.1) is 17.8 Å². The van der Waals surface area contributed by atoms with Gasteiger partial charge in [0.05, 0.1) is 0 Å². The Labute approximate surface area is 125 Å². The van der Waals surface area contributed by atoms with E-state index in [9.17, 15) is 9.59 Å². The SMILES string of the molecule is O=C(NCCc1ccccn1)C1C[C@H]2CCC[C@@H](C1)C2=O. The van der Waals surface area contributed by atoms with Crippen molar-refractivity contribution >= 4 is 11.7 Å². The molecule has 0 aromatic carbocycles. The van der Waals surface area contributed by atoms with Gasteiger partial charge in [0.15, 0.2) is 0 Å². The van der Waals surface area contributed by atoms with E-state index in [1.54, 1.807) is 6.20 Å². The molecule has 2 saturated carbocycles. The summed E-state index contributed by atoms with van der Waals surface area (Å²) < 4.78 is 0. The molecule has 1 unspecified atom stereocenters. The number of fused-ring (bicyclic) bond motifs is 2. The van der Waals surface area contributed by atoms with Crippen molar-refractivity contribution in [1.82, 2.24) is 10.3 Å². The van der Waals surface area contributed by atoms with E-state index in [0.717, 1.165) is 44.2 Å². The molecular weight excluding hydrogens is 264 g/mol. The van der Waals surface area contributed by atoms with Gasteiger partial charge in [0, 0.05) is 42.6 Å². The highest BCUT2D eigenvalue weighted by Crippen LogP contribution is 2.40. The van der Waals surface area contributed by atoms with Gasteiger partial charge in [0.2, 0.25) is 5.91 Å². The lowest BCUT2D eigenvalue weighted by Gasteiger charge is -2.36. The van der Waals surface area contributed by atoms with Crippen LogP contribution in [0.2, 0.25) is 0 Å². The van der Waals surface area contributed by atoms with Crippen LogP contribution >= 0.6 is 0 Å². The Balaban J connectivity index is 1.49. The van der Waals surface area contributed by atoms with E-state index in [4.69, 9.17) is 0 Å². The largest absolute Gasteiger partial charge is 0.355 e. The first kappa shape index (κ1) is 14.2. The zero-order valence-corrected chi connectivity index (χ0v) is 12.3. The van der Waals surface area contributed by atoms with Crippen molar-refractivity contribution in [2.45, 2.75) is 38.5 Å². The molecule has 21 heavy (non-hydrogen) atoms. The molecule has 1 amide bonds. The molecule has 1 N–H and O–H groups in total. The highest BCUT2D eigenvalue weighted by molar-refractivity contribution is 5.88. The lowest BCUT2D eigenvalue weighted by molar-refractivity contribution is -0.137. The van der Waals surface area contributed by atoms with Gasteiger partial charge in [-0.1, -0.05) is 12.5 Å². The molecule has 4 nitrogen and oxygen atoms in total. The zero-order valence-electron chi connectivity index (χ0n) is 12.3. The fourth-order valence-electron chi connectivity index (χ4n) is 3.70. The van der Waals surface area contributed by atoms with Gasteiger partial charge >= 0.3 is 0 Å². The zero-order chi connectivity index (χ0) is 14.7. The molecule has 0 saturated heterocycles. The summed E-state index contributed by atoms with van der Waals surface area (Å²) in [6.45, 7) is 0.621. The third-order valence-electron chi connectivity index (χ3n) is 4.83. The molecule has 2 fully saturated rings. The maximum Gasteiger partial charge on any atom is 0.223 e. The third-order valence-corrected chi connectivity index (χ3v) is 4.83. The Morgan fingerprint density at radius 2 is 2.00 bits per heavy atom. The molecule has 1 aromatic heterocycles. The maximum absolute atomic E-state index is 12.3. The van der Waals surface area contributed by atoms with Gasteiger partial charge in [-0.2, -0.15) is 0 Å². The molecular formula is C17H22N2O2. The van der Waals surface area contributed by atoms with Crippen molar-refractivity contribution in [3.05, 3.63) is 30.1 Å². The number of ketones is 1. The van der Waals surface area contributed by atoms with Crippen LogP contribution in [0.4, 0.5) is 0 Å². The molecule has 2 aliphatic carbocycles. The number of hydrogen-bond acceptors (Lipinski definition) is 3. The number of pyridine rings is 1. The topological polar surface area (TPSA) is 59.1 Å². The lowest BCUT2D eigenvalue weighted by atomic mass is 9.67. The molecule has 4 heteroatoms. The smallest absolute Gasteiger partial charge is 0.223 e. The fraction of sp³-hybridized carbons (Fsp3) is 0.588. The van der Waals surface area contributed by atoms with E-state index in [1.807, 2.05) is 18.2 Å². The maximum atomic E-state index is 12.3. The third kappa shape index (κ3) is 3.31. The number of Topliss-reactive ketones (excluding diaryl/α,β-unsaturated/α-hetero) is 1. The standard InChI is InChI=1S/C17H22N2O2/c20-16-12-4-3-5-13(16)11-14(10-12)17(21)19-9-7-15-6-1-2-8-18-15/h1-2,6,8,12-14H,3-5,7,9-11H2,(H,19,21)/t12-,13+,14?. The molecule has 112 valence electrons. The molecule has 1 aromatic rings. The predicted molar refractivity (Wildman–Crippen MR) is 79.5 cm³/mol. The first-order chi connectivity index (χ1) is 10.2. The van der Waals surface area contributed by atoms with E-state index in [2.05, 4.69) is 10.3 Å². The Hall–Kier alpha value is -1.71. The number of carbonyl (C=O) groups excluding carboxylic acids is 2. The van der Waals surface area contributed by atoms with Crippen molar-refractivity contribution in [2.24, 2.45) is 17.8 Å². The van der Waals surface area contributed by atoms with Crippen LogP contribution in [-0.4, -0.2) is 23.2 Å². The van der Waals surface area contributed by atoms with E-state index in [-0.39, 0.29) is 23.7 Å². The summed E-state index contributed by atoms with van der Waals surface area (Å²) in [5.41, 5.74) is 0.994. The van der Waals surface area contributed by atoms with E-state index < -0.39 is 0 Å². The van der Waals surface area contributed by atoms with E-state index in [0.29, 0.717) is 12.3 Å². The molecule has 0 spiro atoms. The Bertz CT molecular complexity index is 499. The average Bonchev–Trinajstić information content (AvgIpc) is 2.48. The summed E-state index contributed by atoms with van der Waals surface area (Å²) in [5.74, 6) is 0.851. The summed E-state index contributed by atoms with van der Waals surface area (Å²) in [4.78, 5) is 28.6. The first-order valence-corrected chi connectivity index (χ1v) is 7.95. The van der Waals surface area contributed by atoms with Crippen molar-refractivity contribution in [1.29, 1.82) is 0 Å². The second-order valence-electron chi connectivity index (χ2n) is 6.26. The van der Waals surface area contributed by atoms with Gasteiger partial charge in [-0.3, -0.25) is 14.6 Å². The normalized spacial score (nSPS) is 28.2. The van der Waals surface area contributed by atoms with Crippen LogP contribution in [0.5, 0.6) is 0 Å². The van der Waals surface area contributed by atoms with Crippen LogP contribution < -0.4 is 5.32 Å². The molecule has 0 aliphatic heterocycles. The second-order valence-corrected chi connectivity index (χ2v) is 6.26.